The second-order valence-corrected chi connectivity index (χ2v) is 6.13. The van der Waals surface area contributed by atoms with E-state index in [1.54, 1.807) is 19.1 Å². The predicted molar refractivity (Wildman–Crippen MR) is 84.0 cm³/mol. The molecule has 1 N–H and O–H groups in total. The van der Waals surface area contributed by atoms with E-state index in [4.69, 9.17) is 4.42 Å². The largest absolute Gasteiger partial charge is 0.462 e. The Labute approximate surface area is 139 Å². The van der Waals surface area contributed by atoms with Crippen LogP contribution in [-0.2, 0) is 6.18 Å². The number of benzene rings is 1. The topological polar surface area (TPSA) is 55.1 Å². The lowest BCUT2D eigenvalue weighted by molar-refractivity contribution is -0.137. The SMILES string of the molecule is Cc1sc(-c2ccco2)nc1C(=O)Nc1ccc(C(F)(F)F)cc1. The van der Waals surface area contributed by atoms with Gasteiger partial charge in [-0.05, 0) is 43.3 Å². The molecule has 3 aromatic rings. The number of nitrogens with one attached hydrogen (secondary N) is 1. The van der Waals surface area contributed by atoms with Gasteiger partial charge in [-0.25, -0.2) is 4.98 Å². The molecule has 1 aromatic carbocycles. The fourth-order valence-corrected chi connectivity index (χ4v) is 2.92. The van der Waals surface area contributed by atoms with Crippen molar-refractivity contribution in [1.29, 1.82) is 0 Å². The third kappa shape index (κ3) is 3.33. The molecule has 0 aliphatic carbocycles. The molecule has 0 aliphatic heterocycles. The van der Waals surface area contributed by atoms with Crippen LogP contribution in [0.25, 0.3) is 10.8 Å². The van der Waals surface area contributed by atoms with Gasteiger partial charge in [-0.1, -0.05) is 0 Å². The molecule has 0 unspecified atom stereocenters. The molecule has 0 atom stereocenters. The summed E-state index contributed by atoms with van der Waals surface area (Å²) in [6.07, 6.45) is -2.90. The van der Waals surface area contributed by atoms with Crippen LogP contribution in [0.5, 0.6) is 0 Å². The first kappa shape index (κ1) is 16.3. The van der Waals surface area contributed by atoms with Gasteiger partial charge in [0.2, 0.25) is 0 Å². The van der Waals surface area contributed by atoms with Crippen LogP contribution in [0.2, 0.25) is 0 Å². The highest BCUT2D eigenvalue weighted by Crippen LogP contribution is 2.31. The van der Waals surface area contributed by atoms with E-state index < -0.39 is 17.6 Å². The number of halogens is 3. The molecule has 24 heavy (non-hydrogen) atoms. The Morgan fingerprint density at radius 1 is 1.21 bits per heavy atom. The Kier molecular flexibility index (Phi) is 4.15. The summed E-state index contributed by atoms with van der Waals surface area (Å²) < 4.78 is 42.8. The molecule has 0 fully saturated rings. The second kappa shape index (κ2) is 6.12. The van der Waals surface area contributed by atoms with Gasteiger partial charge in [-0.3, -0.25) is 4.79 Å². The average Bonchev–Trinajstić information content (AvgIpc) is 3.16. The molecular formula is C16H11F3N2O2S. The fourth-order valence-electron chi connectivity index (χ4n) is 2.05. The Bertz CT molecular complexity index is 853. The third-order valence-electron chi connectivity index (χ3n) is 3.21. The Hall–Kier alpha value is -2.61. The Morgan fingerprint density at radius 3 is 2.50 bits per heavy atom. The van der Waals surface area contributed by atoms with Crippen molar-refractivity contribution in [3.05, 3.63) is 58.8 Å². The van der Waals surface area contributed by atoms with E-state index in [-0.39, 0.29) is 11.4 Å². The van der Waals surface area contributed by atoms with Gasteiger partial charge < -0.3 is 9.73 Å². The quantitative estimate of drug-likeness (QED) is 0.723. The number of aryl methyl sites for hydroxylation is 1. The molecule has 4 nitrogen and oxygen atoms in total. The summed E-state index contributed by atoms with van der Waals surface area (Å²) in [5, 5.41) is 3.11. The average molecular weight is 352 g/mol. The molecule has 2 heterocycles. The number of furan rings is 1. The van der Waals surface area contributed by atoms with Crippen LogP contribution in [0.1, 0.15) is 20.9 Å². The first-order valence-corrected chi connectivity index (χ1v) is 7.66. The minimum absolute atomic E-state index is 0.214. The first-order chi connectivity index (χ1) is 11.3. The number of aromatic nitrogens is 1. The van der Waals surface area contributed by atoms with Crippen LogP contribution >= 0.6 is 11.3 Å². The van der Waals surface area contributed by atoms with Crippen molar-refractivity contribution in [1.82, 2.24) is 4.98 Å². The highest BCUT2D eigenvalue weighted by molar-refractivity contribution is 7.15. The summed E-state index contributed by atoms with van der Waals surface area (Å²) >= 11 is 1.30. The van der Waals surface area contributed by atoms with Gasteiger partial charge in [0.25, 0.3) is 5.91 Å². The van der Waals surface area contributed by atoms with Gasteiger partial charge in [0, 0.05) is 10.6 Å². The number of amides is 1. The number of carbonyl (C=O) groups excluding carboxylic acids is 1. The van der Waals surface area contributed by atoms with Gasteiger partial charge in [0.05, 0.1) is 11.8 Å². The van der Waals surface area contributed by atoms with Crippen LogP contribution in [0.3, 0.4) is 0 Å². The van der Waals surface area contributed by atoms with Crippen molar-refractivity contribution < 1.29 is 22.4 Å². The molecule has 0 radical (unpaired) electrons. The lowest BCUT2D eigenvalue weighted by Gasteiger charge is -2.08. The molecule has 0 bridgehead atoms. The summed E-state index contributed by atoms with van der Waals surface area (Å²) in [6.45, 7) is 1.74. The summed E-state index contributed by atoms with van der Waals surface area (Å²) in [5.41, 5.74) is -0.295. The van der Waals surface area contributed by atoms with Crippen LogP contribution in [0.15, 0.2) is 47.1 Å². The Balaban J connectivity index is 1.78. The minimum Gasteiger partial charge on any atom is -0.462 e. The molecule has 3 rings (SSSR count). The van der Waals surface area contributed by atoms with Crippen molar-refractivity contribution in [2.24, 2.45) is 0 Å². The number of rotatable bonds is 3. The van der Waals surface area contributed by atoms with Gasteiger partial charge in [-0.15, -0.1) is 11.3 Å². The number of hydrogen-bond acceptors (Lipinski definition) is 4. The molecule has 8 heteroatoms. The molecule has 0 saturated carbocycles. The van der Waals surface area contributed by atoms with Crippen LogP contribution < -0.4 is 5.32 Å². The van der Waals surface area contributed by atoms with E-state index in [1.807, 2.05) is 0 Å². The van der Waals surface area contributed by atoms with Crippen molar-refractivity contribution in [2.75, 3.05) is 5.32 Å². The van der Waals surface area contributed by atoms with Gasteiger partial charge in [0.15, 0.2) is 10.8 Å². The number of thiazole rings is 1. The van der Waals surface area contributed by atoms with Crippen molar-refractivity contribution in [2.45, 2.75) is 13.1 Å². The van der Waals surface area contributed by atoms with Crippen LogP contribution in [0, 0.1) is 6.92 Å². The molecule has 124 valence electrons. The fraction of sp³-hybridized carbons (Fsp3) is 0.125. The molecule has 0 saturated heterocycles. The lowest BCUT2D eigenvalue weighted by atomic mass is 10.2. The number of nitrogens with zero attached hydrogens (tertiary/aromatic N) is 1. The zero-order valence-corrected chi connectivity index (χ0v) is 13.2. The number of carbonyl (C=O) groups is 1. The van der Waals surface area contributed by atoms with Crippen molar-refractivity contribution in [3.63, 3.8) is 0 Å². The van der Waals surface area contributed by atoms with Gasteiger partial charge >= 0.3 is 6.18 Å². The van der Waals surface area contributed by atoms with Gasteiger partial charge in [-0.2, -0.15) is 13.2 Å². The second-order valence-electron chi connectivity index (χ2n) is 4.93. The molecule has 0 spiro atoms. The van der Waals surface area contributed by atoms with E-state index in [0.29, 0.717) is 15.6 Å². The summed E-state index contributed by atoms with van der Waals surface area (Å²) in [4.78, 5) is 17.2. The summed E-state index contributed by atoms with van der Waals surface area (Å²) in [7, 11) is 0. The van der Waals surface area contributed by atoms with E-state index in [2.05, 4.69) is 10.3 Å². The maximum atomic E-state index is 12.5. The van der Waals surface area contributed by atoms with Crippen LogP contribution in [0.4, 0.5) is 18.9 Å². The highest BCUT2D eigenvalue weighted by Gasteiger charge is 2.30. The van der Waals surface area contributed by atoms with Crippen molar-refractivity contribution in [3.8, 4) is 10.8 Å². The Morgan fingerprint density at radius 2 is 1.92 bits per heavy atom. The smallest absolute Gasteiger partial charge is 0.416 e. The highest BCUT2D eigenvalue weighted by atomic mass is 32.1. The summed E-state index contributed by atoms with van der Waals surface area (Å²) in [6, 6.07) is 7.69. The molecule has 0 aliphatic rings. The normalized spacial score (nSPS) is 11.5. The third-order valence-corrected chi connectivity index (χ3v) is 4.20. The summed E-state index contributed by atoms with van der Waals surface area (Å²) in [5.74, 6) is 0.0676. The molecular weight excluding hydrogens is 341 g/mol. The number of alkyl halides is 3. The number of hydrogen-bond donors (Lipinski definition) is 1. The maximum Gasteiger partial charge on any atom is 0.416 e. The van der Waals surface area contributed by atoms with E-state index in [1.165, 1.54) is 29.7 Å². The van der Waals surface area contributed by atoms with Gasteiger partial charge in [0.1, 0.15) is 5.69 Å². The maximum absolute atomic E-state index is 12.5. The predicted octanol–water partition coefficient (Wildman–Crippen LogP) is 4.98. The van der Waals surface area contributed by atoms with Crippen molar-refractivity contribution >= 4 is 22.9 Å². The first-order valence-electron chi connectivity index (χ1n) is 6.84. The lowest BCUT2D eigenvalue weighted by Crippen LogP contribution is -2.14. The van der Waals surface area contributed by atoms with E-state index >= 15 is 0 Å². The number of anilines is 1. The zero-order chi connectivity index (χ0) is 17.3. The van der Waals surface area contributed by atoms with Crippen LogP contribution in [-0.4, -0.2) is 10.9 Å². The molecule has 2 aromatic heterocycles. The van der Waals surface area contributed by atoms with E-state index in [0.717, 1.165) is 12.1 Å². The minimum atomic E-state index is -4.41. The standard InChI is InChI=1S/C16H11F3N2O2S/c1-9-13(21-15(24-9)12-3-2-8-23-12)14(22)20-11-6-4-10(5-7-11)16(17,18)19/h2-8H,1H3,(H,20,22). The monoisotopic (exact) mass is 352 g/mol. The zero-order valence-electron chi connectivity index (χ0n) is 12.3. The molecule has 1 amide bonds. The van der Waals surface area contributed by atoms with E-state index in [9.17, 15) is 18.0 Å².